The van der Waals surface area contributed by atoms with Crippen LogP contribution in [0.1, 0.15) is 38.4 Å². The van der Waals surface area contributed by atoms with Gasteiger partial charge in [-0.3, -0.25) is 0 Å². The van der Waals surface area contributed by atoms with E-state index in [2.05, 4.69) is 11.9 Å². The van der Waals surface area contributed by atoms with Gasteiger partial charge in [0.15, 0.2) is 0 Å². The zero-order valence-corrected chi connectivity index (χ0v) is 9.61. The quantitative estimate of drug-likeness (QED) is 0.806. The summed E-state index contributed by atoms with van der Waals surface area (Å²) in [5.74, 6) is 1.38. The Morgan fingerprint density at radius 1 is 1.60 bits per heavy atom. The van der Waals surface area contributed by atoms with Crippen molar-refractivity contribution in [2.24, 2.45) is 13.0 Å². The molecule has 0 spiro atoms. The van der Waals surface area contributed by atoms with Crippen LogP contribution < -0.4 is 0 Å². The monoisotopic (exact) mass is 208 g/mol. The first kappa shape index (κ1) is 10.7. The van der Waals surface area contributed by atoms with Gasteiger partial charge < -0.3 is 9.67 Å². The minimum atomic E-state index is -0.530. The average molecular weight is 208 g/mol. The Bertz CT molecular complexity index is 334. The molecule has 0 bridgehead atoms. The predicted molar refractivity (Wildman–Crippen MR) is 59.5 cm³/mol. The second-order valence-electron chi connectivity index (χ2n) is 4.88. The maximum absolute atomic E-state index is 10.6. The Balaban J connectivity index is 2.12. The van der Waals surface area contributed by atoms with E-state index in [1.54, 1.807) is 6.20 Å². The molecule has 2 rings (SSSR count). The van der Waals surface area contributed by atoms with Crippen molar-refractivity contribution >= 4 is 0 Å². The fourth-order valence-electron chi connectivity index (χ4n) is 2.50. The van der Waals surface area contributed by atoms with E-state index in [0.717, 1.165) is 25.1 Å². The molecular weight excluding hydrogens is 188 g/mol. The molecule has 1 heterocycles. The number of aromatic nitrogens is 2. The molecule has 0 aliphatic heterocycles. The van der Waals surface area contributed by atoms with Crippen LogP contribution in [0.5, 0.6) is 0 Å². The summed E-state index contributed by atoms with van der Waals surface area (Å²) < 4.78 is 2.00. The highest BCUT2D eigenvalue weighted by Gasteiger charge is 2.36. The summed E-state index contributed by atoms with van der Waals surface area (Å²) in [5, 5.41) is 10.6. The Morgan fingerprint density at radius 3 is 3.00 bits per heavy atom. The minimum Gasteiger partial charge on any atom is -0.389 e. The molecule has 1 aromatic rings. The highest BCUT2D eigenvalue weighted by molar-refractivity contribution is 5.01. The third-order valence-electron chi connectivity index (χ3n) is 3.80. The molecule has 3 nitrogen and oxygen atoms in total. The number of aliphatic hydroxyl groups is 1. The van der Waals surface area contributed by atoms with Crippen molar-refractivity contribution in [2.45, 2.75) is 44.6 Å². The Kier molecular flexibility index (Phi) is 2.83. The number of imidazole rings is 1. The van der Waals surface area contributed by atoms with E-state index < -0.39 is 5.60 Å². The van der Waals surface area contributed by atoms with Crippen molar-refractivity contribution in [2.75, 3.05) is 0 Å². The Morgan fingerprint density at radius 2 is 2.40 bits per heavy atom. The van der Waals surface area contributed by atoms with Gasteiger partial charge in [0, 0.05) is 25.9 Å². The van der Waals surface area contributed by atoms with Gasteiger partial charge in [0.25, 0.3) is 0 Å². The van der Waals surface area contributed by atoms with Crippen molar-refractivity contribution < 1.29 is 5.11 Å². The Hall–Kier alpha value is -0.830. The first-order chi connectivity index (χ1) is 7.12. The van der Waals surface area contributed by atoms with Crippen LogP contribution in [-0.2, 0) is 13.5 Å². The normalized spacial score (nSPS) is 31.8. The summed E-state index contributed by atoms with van der Waals surface area (Å²) in [6, 6.07) is 0. The lowest BCUT2D eigenvalue weighted by Crippen LogP contribution is -2.41. The summed E-state index contributed by atoms with van der Waals surface area (Å²) in [4.78, 5) is 4.29. The lowest BCUT2D eigenvalue weighted by Gasteiger charge is -2.37. The molecule has 1 N–H and O–H groups in total. The minimum absolute atomic E-state index is 0.392. The lowest BCUT2D eigenvalue weighted by atomic mass is 9.74. The largest absolute Gasteiger partial charge is 0.389 e. The topological polar surface area (TPSA) is 38.1 Å². The average Bonchev–Trinajstić information content (AvgIpc) is 2.58. The van der Waals surface area contributed by atoms with E-state index in [0.29, 0.717) is 12.3 Å². The highest BCUT2D eigenvalue weighted by Crippen LogP contribution is 2.35. The Labute approximate surface area is 91.1 Å². The highest BCUT2D eigenvalue weighted by atomic mass is 16.3. The van der Waals surface area contributed by atoms with Crippen LogP contribution in [0.4, 0.5) is 0 Å². The second-order valence-corrected chi connectivity index (χ2v) is 4.88. The fourth-order valence-corrected chi connectivity index (χ4v) is 2.50. The van der Waals surface area contributed by atoms with E-state index in [1.807, 2.05) is 17.8 Å². The smallest absolute Gasteiger partial charge is 0.111 e. The standard InChI is InChI=1S/C12H20N2O/c1-10-5-3-4-6-12(10,15)9-11-13-7-8-14(11)2/h7-8,10,15H,3-6,9H2,1-2H3. The molecule has 0 saturated heterocycles. The lowest BCUT2D eigenvalue weighted by molar-refractivity contribution is -0.0424. The second kappa shape index (κ2) is 3.97. The van der Waals surface area contributed by atoms with E-state index in [4.69, 9.17) is 0 Å². The van der Waals surface area contributed by atoms with Crippen LogP contribution in [-0.4, -0.2) is 20.3 Å². The fraction of sp³-hybridized carbons (Fsp3) is 0.750. The van der Waals surface area contributed by atoms with E-state index >= 15 is 0 Å². The van der Waals surface area contributed by atoms with Gasteiger partial charge in [0.1, 0.15) is 5.82 Å². The number of aryl methyl sites for hydroxylation is 1. The first-order valence-corrected chi connectivity index (χ1v) is 5.80. The zero-order chi connectivity index (χ0) is 10.9. The molecule has 15 heavy (non-hydrogen) atoms. The van der Waals surface area contributed by atoms with E-state index in [9.17, 15) is 5.11 Å². The van der Waals surface area contributed by atoms with Crippen molar-refractivity contribution in [1.29, 1.82) is 0 Å². The van der Waals surface area contributed by atoms with E-state index in [1.165, 1.54) is 6.42 Å². The van der Waals surface area contributed by atoms with Crippen LogP contribution in [0, 0.1) is 5.92 Å². The van der Waals surface area contributed by atoms with Crippen LogP contribution >= 0.6 is 0 Å². The van der Waals surface area contributed by atoms with Crippen LogP contribution in [0.3, 0.4) is 0 Å². The number of hydrogen-bond donors (Lipinski definition) is 1. The molecular formula is C12H20N2O. The third kappa shape index (κ3) is 2.07. The molecule has 1 aliphatic rings. The molecule has 1 saturated carbocycles. The summed E-state index contributed by atoms with van der Waals surface area (Å²) >= 11 is 0. The van der Waals surface area contributed by atoms with Crippen LogP contribution in [0.2, 0.25) is 0 Å². The molecule has 3 heteroatoms. The number of hydrogen-bond acceptors (Lipinski definition) is 2. The number of rotatable bonds is 2. The van der Waals surface area contributed by atoms with Gasteiger partial charge in [0.2, 0.25) is 0 Å². The molecule has 2 unspecified atom stereocenters. The molecule has 0 amide bonds. The first-order valence-electron chi connectivity index (χ1n) is 5.80. The summed E-state index contributed by atoms with van der Waals surface area (Å²) in [5.41, 5.74) is -0.530. The SMILES string of the molecule is CC1CCCCC1(O)Cc1nccn1C. The van der Waals surface area contributed by atoms with Gasteiger partial charge in [0.05, 0.1) is 5.60 Å². The van der Waals surface area contributed by atoms with Gasteiger partial charge >= 0.3 is 0 Å². The molecule has 0 radical (unpaired) electrons. The van der Waals surface area contributed by atoms with Crippen molar-refractivity contribution in [3.8, 4) is 0 Å². The molecule has 2 atom stereocenters. The maximum atomic E-state index is 10.6. The van der Waals surface area contributed by atoms with Crippen LogP contribution in [0.25, 0.3) is 0 Å². The summed E-state index contributed by atoms with van der Waals surface area (Å²) in [6.45, 7) is 2.15. The third-order valence-corrected chi connectivity index (χ3v) is 3.80. The van der Waals surface area contributed by atoms with Crippen LogP contribution in [0.15, 0.2) is 12.4 Å². The summed E-state index contributed by atoms with van der Waals surface area (Å²) in [7, 11) is 1.99. The molecule has 1 aromatic heterocycles. The van der Waals surface area contributed by atoms with Gasteiger partial charge in [-0.25, -0.2) is 4.98 Å². The maximum Gasteiger partial charge on any atom is 0.111 e. The van der Waals surface area contributed by atoms with Crippen molar-refractivity contribution in [3.05, 3.63) is 18.2 Å². The van der Waals surface area contributed by atoms with Gasteiger partial charge in [-0.2, -0.15) is 0 Å². The summed E-state index contributed by atoms with van der Waals surface area (Å²) in [6.07, 6.45) is 8.88. The molecule has 84 valence electrons. The number of nitrogens with zero attached hydrogens (tertiary/aromatic N) is 2. The molecule has 1 aliphatic carbocycles. The van der Waals surface area contributed by atoms with Crippen molar-refractivity contribution in [3.63, 3.8) is 0 Å². The van der Waals surface area contributed by atoms with Crippen molar-refractivity contribution in [1.82, 2.24) is 9.55 Å². The van der Waals surface area contributed by atoms with Gasteiger partial charge in [-0.1, -0.05) is 19.8 Å². The van der Waals surface area contributed by atoms with Gasteiger partial charge in [-0.15, -0.1) is 0 Å². The van der Waals surface area contributed by atoms with Gasteiger partial charge in [-0.05, 0) is 18.8 Å². The predicted octanol–water partition coefficient (Wildman–Crippen LogP) is 1.90. The van der Waals surface area contributed by atoms with E-state index in [-0.39, 0.29) is 0 Å². The molecule has 0 aromatic carbocycles. The molecule has 1 fully saturated rings. The zero-order valence-electron chi connectivity index (χ0n) is 9.61.